The van der Waals surface area contributed by atoms with Gasteiger partial charge in [0.15, 0.2) is 0 Å². The van der Waals surface area contributed by atoms with Gasteiger partial charge < -0.3 is 4.74 Å². The Kier molecular flexibility index (Phi) is 3.97. The van der Waals surface area contributed by atoms with Crippen LogP contribution in [0.1, 0.15) is 13.8 Å². The molecule has 84 valence electrons. The zero-order valence-corrected chi connectivity index (χ0v) is 9.65. The molecule has 0 aromatic heterocycles. The van der Waals surface area contributed by atoms with Crippen molar-refractivity contribution in [3.05, 3.63) is 29.8 Å². The molecule has 1 aromatic carbocycles. The molecule has 1 aromatic rings. The number of rotatable bonds is 4. The van der Waals surface area contributed by atoms with Crippen molar-refractivity contribution in [2.75, 3.05) is 12.4 Å². The van der Waals surface area contributed by atoms with Crippen molar-refractivity contribution in [2.45, 2.75) is 13.8 Å². The molecule has 0 unspecified atom stereocenters. The van der Waals surface area contributed by atoms with Crippen molar-refractivity contribution in [1.82, 2.24) is 0 Å². The Hall–Kier alpha value is -0.770. The molecule has 15 heavy (non-hydrogen) atoms. The van der Waals surface area contributed by atoms with Gasteiger partial charge in [-0.1, -0.05) is 13.8 Å². The molecule has 0 saturated carbocycles. The van der Waals surface area contributed by atoms with E-state index in [4.69, 9.17) is 4.74 Å². The van der Waals surface area contributed by atoms with Crippen LogP contribution in [0.2, 0.25) is 0 Å². The molecule has 4 heteroatoms. The Morgan fingerprint density at radius 2 is 1.73 bits per heavy atom. The Bertz CT molecular complexity index is 319. The maximum atomic E-state index is 12.8. The van der Waals surface area contributed by atoms with E-state index in [1.807, 2.05) is 13.8 Å². The highest BCUT2D eigenvalue weighted by atomic mass is 32.1. The van der Waals surface area contributed by atoms with E-state index in [-0.39, 0.29) is 11.2 Å². The van der Waals surface area contributed by atoms with Crippen LogP contribution in [0.3, 0.4) is 0 Å². The highest BCUT2D eigenvalue weighted by Gasteiger charge is 2.16. The zero-order chi connectivity index (χ0) is 11.5. The number of hydrogen-bond donors (Lipinski definition) is 1. The summed E-state index contributed by atoms with van der Waals surface area (Å²) in [7, 11) is 0. The molecule has 0 spiro atoms. The number of halogens is 2. The van der Waals surface area contributed by atoms with Gasteiger partial charge in [0, 0.05) is 23.6 Å². The van der Waals surface area contributed by atoms with Crippen LogP contribution in [-0.2, 0) is 0 Å². The molecule has 0 aliphatic carbocycles. The number of ether oxygens (including phenoxy) is 1. The van der Waals surface area contributed by atoms with E-state index < -0.39 is 11.6 Å². The third-order valence-electron chi connectivity index (χ3n) is 1.89. The predicted molar refractivity (Wildman–Crippen MR) is 59.5 cm³/mol. The van der Waals surface area contributed by atoms with Gasteiger partial charge in [0.1, 0.15) is 17.4 Å². The summed E-state index contributed by atoms with van der Waals surface area (Å²) in [6.07, 6.45) is 0. The summed E-state index contributed by atoms with van der Waals surface area (Å²) < 4.78 is 30.9. The summed E-state index contributed by atoms with van der Waals surface area (Å²) in [5.41, 5.74) is -0.119. The fourth-order valence-corrected chi connectivity index (χ4v) is 1.03. The van der Waals surface area contributed by atoms with Crippen LogP contribution in [0.25, 0.3) is 0 Å². The lowest BCUT2D eigenvalue weighted by Gasteiger charge is -2.22. The highest BCUT2D eigenvalue weighted by Crippen LogP contribution is 2.21. The summed E-state index contributed by atoms with van der Waals surface area (Å²) in [6.45, 7) is 4.31. The Balaban J connectivity index is 2.65. The molecule has 0 aliphatic heterocycles. The lowest BCUT2D eigenvalue weighted by Crippen LogP contribution is -2.23. The molecule has 1 nitrogen and oxygen atoms in total. The van der Waals surface area contributed by atoms with E-state index >= 15 is 0 Å². The van der Waals surface area contributed by atoms with Crippen molar-refractivity contribution in [1.29, 1.82) is 0 Å². The van der Waals surface area contributed by atoms with Crippen LogP contribution in [-0.4, -0.2) is 12.4 Å². The highest BCUT2D eigenvalue weighted by molar-refractivity contribution is 7.80. The average Bonchev–Trinajstić information content (AvgIpc) is 2.14. The van der Waals surface area contributed by atoms with Crippen LogP contribution in [0.5, 0.6) is 5.75 Å². The number of thiol groups is 1. The Morgan fingerprint density at radius 1 is 1.20 bits per heavy atom. The molecule has 0 aliphatic rings. The lowest BCUT2D eigenvalue weighted by atomic mass is 9.98. The third-order valence-corrected chi connectivity index (χ3v) is 2.75. The fraction of sp³-hybridized carbons (Fsp3) is 0.455. The second kappa shape index (κ2) is 4.84. The minimum absolute atomic E-state index is 0.119. The Labute approximate surface area is 93.9 Å². The summed E-state index contributed by atoms with van der Waals surface area (Å²) in [4.78, 5) is 0. The van der Waals surface area contributed by atoms with Gasteiger partial charge in [-0.25, -0.2) is 8.78 Å². The van der Waals surface area contributed by atoms with Gasteiger partial charge in [-0.3, -0.25) is 0 Å². The molecular formula is C11H14F2OS. The topological polar surface area (TPSA) is 9.23 Å². The van der Waals surface area contributed by atoms with Crippen molar-refractivity contribution >= 4 is 12.6 Å². The molecule has 1 rings (SSSR count). The molecular weight excluding hydrogens is 218 g/mol. The van der Waals surface area contributed by atoms with E-state index in [0.717, 1.165) is 18.2 Å². The van der Waals surface area contributed by atoms with E-state index in [1.165, 1.54) is 0 Å². The van der Waals surface area contributed by atoms with Crippen LogP contribution < -0.4 is 4.74 Å². The first-order valence-corrected chi connectivity index (χ1v) is 5.26. The summed E-state index contributed by atoms with van der Waals surface area (Å²) in [5, 5.41) is 0. The predicted octanol–water partition coefficient (Wildman–Crippen LogP) is 3.30. The summed E-state index contributed by atoms with van der Waals surface area (Å²) >= 11 is 4.16. The van der Waals surface area contributed by atoms with Gasteiger partial charge in [0.2, 0.25) is 0 Å². The smallest absolute Gasteiger partial charge is 0.129 e. The zero-order valence-electron chi connectivity index (χ0n) is 8.76. The van der Waals surface area contributed by atoms with Crippen LogP contribution in [0, 0.1) is 17.0 Å². The first-order chi connectivity index (χ1) is 6.93. The standard InChI is InChI=1S/C11H14F2OS/c1-11(2,7-15)6-14-10-4-8(12)3-9(13)5-10/h3-5,15H,6-7H2,1-2H3. The normalized spacial score (nSPS) is 11.5. The molecule has 0 fully saturated rings. The fourth-order valence-electron chi connectivity index (χ4n) is 0.936. The molecule has 0 saturated heterocycles. The van der Waals surface area contributed by atoms with Crippen LogP contribution in [0.4, 0.5) is 8.78 Å². The average molecular weight is 232 g/mol. The molecule has 0 radical (unpaired) electrons. The lowest BCUT2D eigenvalue weighted by molar-refractivity contribution is 0.201. The van der Waals surface area contributed by atoms with Crippen LogP contribution in [0.15, 0.2) is 18.2 Å². The van der Waals surface area contributed by atoms with E-state index in [2.05, 4.69) is 12.6 Å². The second-order valence-electron chi connectivity index (χ2n) is 4.22. The molecule has 0 heterocycles. The minimum atomic E-state index is -0.631. The molecule has 0 amide bonds. The summed E-state index contributed by atoms with van der Waals surface area (Å²) in [6, 6.07) is 3.14. The van der Waals surface area contributed by atoms with Gasteiger partial charge in [-0.15, -0.1) is 0 Å². The third kappa shape index (κ3) is 4.08. The van der Waals surface area contributed by atoms with Crippen molar-refractivity contribution in [3.8, 4) is 5.75 Å². The second-order valence-corrected chi connectivity index (χ2v) is 4.53. The van der Waals surface area contributed by atoms with Crippen molar-refractivity contribution in [2.24, 2.45) is 5.41 Å². The van der Waals surface area contributed by atoms with Gasteiger partial charge in [-0.2, -0.15) is 12.6 Å². The van der Waals surface area contributed by atoms with E-state index in [0.29, 0.717) is 12.4 Å². The van der Waals surface area contributed by atoms with E-state index in [9.17, 15) is 8.78 Å². The first-order valence-electron chi connectivity index (χ1n) is 4.63. The number of hydrogen-bond acceptors (Lipinski definition) is 2. The maximum Gasteiger partial charge on any atom is 0.129 e. The molecule has 0 N–H and O–H groups in total. The Morgan fingerprint density at radius 3 is 2.20 bits per heavy atom. The molecule has 0 bridgehead atoms. The number of benzene rings is 1. The van der Waals surface area contributed by atoms with E-state index in [1.54, 1.807) is 0 Å². The van der Waals surface area contributed by atoms with Gasteiger partial charge >= 0.3 is 0 Å². The van der Waals surface area contributed by atoms with Gasteiger partial charge in [-0.05, 0) is 5.75 Å². The summed E-state index contributed by atoms with van der Waals surface area (Å²) in [5.74, 6) is -0.408. The van der Waals surface area contributed by atoms with Crippen molar-refractivity contribution < 1.29 is 13.5 Å². The maximum absolute atomic E-state index is 12.8. The van der Waals surface area contributed by atoms with Crippen molar-refractivity contribution in [3.63, 3.8) is 0 Å². The van der Waals surface area contributed by atoms with Crippen LogP contribution >= 0.6 is 12.6 Å². The first kappa shape index (κ1) is 12.3. The monoisotopic (exact) mass is 232 g/mol. The minimum Gasteiger partial charge on any atom is -0.493 e. The molecule has 0 atom stereocenters. The largest absolute Gasteiger partial charge is 0.493 e. The van der Waals surface area contributed by atoms with Gasteiger partial charge in [0.05, 0.1) is 6.61 Å². The van der Waals surface area contributed by atoms with Gasteiger partial charge in [0.25, 0.3) is 0 Å². The SMILES string of the molecule is CC(C)(CS)COc1cc(F)cc(F)c1. The quantitative estimate of drug-likeness (QED) is 0.784.